The van der Waals surface area contributed by atoms with E-state index in [4.69, 9.17) is 16.3 Å². The van der Waals surface area contributed by atoms with E-state index in [9.17, 15) is 30.8 Å². The molecule has 1 saturated heterocycles. The molecule has 2 aromatic carbocycles. The third-order valence-corrected chi connectivity index (χ3v) is 8.10. The molecule has 1 amide bonds. The lowest BCUT2D eigenvalue weighted by molar-refractivity contribution is -0.0263. The van der Waals surface area contributed by atoms with E-state index in [1.165, 1.54) is 35.2 Å². The minimum atomic E-state index is -3.58. The third kappa shape index (κ3) is 7.56. The first-order valence-corrected chi connectivity index (χ1v) is 15.6. The number of aryl methyl sites for hydroxylation is 1. The van der Waals surface area contributed by atoms with Crippen LogP contribution in [0, 0.1) is 18.6 Å². The Bertz CT molecular complexity index is 1830. The third-order valence-electron chi connectivity index (χ3n) is 6.22. The van der Waals surface area contributed by atoms with E-state index < -0.39 is 46.6 Å². The lowest BCUT2D eigenvalue weighted by atomic mass is 10.1. The number of hydrogen-bond acceptors (Lipinski definition) is 7. The average Bonchev–Trinajstić information content (AvgIpc) is 3.25. The normalized spacial score (nSPS) is 14.3. The number of anilines is 3. The molecule has 0 spiro atoms. The Balaban J connectivity index is 1.35. The summed E-state index contributed by atoms with van der Waals surface area (Å²) in [5, 5.41) is 2.87. The number of hydrogen-bond donors (Lipinski definition) is 2. The van der Waals surface area contributed by atoms with Crippen molar-refractivity contribution in [1.29, 1.82) is 0 Å². The van der Waals surface area contributed by atoms with Gasteiger partial charge in [0.15, 0.2) is 0 Å². The van der Waals surface area contributed by atoms with E-state index in [2.05, 4.69) is 15.0 Å². The van der Waals surface area contributed by atoms with Gasteiger partial charge in [0.05, 0.1) is 36.1 Å². The van der Waals surface area contributed by atoms with Crippen LogP contribution >= 0.6 is 22.9 Å². The Morgan fingerprint density at radius 1 is 1.07 bits per heavy atom. The molecule has 0 aliphatic carbocycles. The summed E-state index contributed by atoms with van der Waals surface area (Å²) in [5.41, 5.74) is 1.75. The summed E-state index contributed by atoms with van der Waals surface area (Å²) in [4.78, 5) is 19.5. The van der Waals surface area contributed by atoms with E-state index in [1.807, 2.05) is 0 Å². The number of thiophene rings is 1. The van der Waals surface area contributed by atoms with Gasteiger partial charge in [0, 0.05) is 32.9 Å². The average molecular weight is 655 g/mol. The zero-order valence-corrected chi connectivity index (χ0v) is 24.9. The summed E-state index contributed by atoms with van der Waals surface area (Å²) < 4.78 is 86.4. The first kappa shape index (κ1) is 30.6. The molecule has 3 heterocycles. The number of nitrogens with one attached hydrogen (secondary N) is 2. The van der Waals surface area contributed by atoms with Gasteiger partial charge in [-0.25, -0.2) is 31.0 Å². The lowest BCUT2D eigenvalue weighted by Crippen LogP contribution is -2.56. The van der Waals surface area contributed by atoms with Gasteiger partial charge in [-0.2, -0.15) is 0 Å². The van der Waals surface area contributed by atoms with Crippen molar-refractivity contribution in [2.75, 3.05) is 34.3 Å². The predicted octanol–water partition coefficient (Wildman–Crippen LogP) is 6.71. The maximum absolute atomic E-state index is 14.3. The van der Waals surface area contributed by atoms with Crippen LogP contribution in [0.5, 0.6) is 5.75 Å². The smallest absolute Gasteiger partial charge is 0.282 e. The van der Waals surface area contributed by atoms with Gasteiger partial charge in [0.2, 0.25) is 10.0 Å². The number of pyridine rings is 1. The van der Waals surface area contributed by atoms with E-state index in [-0.39, 0.29) is 45.0 Å². The fraction of sp³-hybridized carbons (Fsp3) is 0.214. The molecule has 0 bridgehead atoms. The molecule has 226 valence electrons. The van der Waals surface area contributed by atoms with Gasteiger partial charge in [-0.15, -0.1) is 11.3 Å². The lowest BCUT2D eigenvalue weighted by Gasteiger charge is -2.40. The molecule has 2 N–H and O–H groups in total. The van der Waals surface area contributed by atoms with Crippen LogP contribution in [0.2, 0.25) is 5.02 Å². The standard InChI is InChI=1S/C28H23ClF4N4O4S2/c1-15-23(10-25(42-15)27(38)35-20-5-17(29)6-21(9-20)36-43(2,39)40)26-24(8-19(31)11-34-26)41-12-16-3-18(30)7-22(4-16)37-13-28(32,33)14-37/h3-11,36H,12-14H2,1-2H3,(H,35,38). The molecule has 0 saturated carbocycles. The van der Waals surface area contributed by atoms with Crippen LogP contribution in [0.3, 0.4) is 0 Å². The Labute approximate surface area is 253 Å². The molecule has 1 fully saturated rings. The Morgan fingerprint density at radius 3 is 2.49 bits per heavy atom. The van der Waals surface area contributed by atoms with Crippen molar-refractivity contribution in [1.82, 2.24) is 4.98 Å². The molecule has 5 rings (SSSR count). The van der Waals surface area contributed by atoms with E-state index in [0.29, 0.717) is 16.0 Å². The van der Waals surface area contributed by atoms with Crippen LogP contribution in [-0.2, 0) is 16.6 Å². The van der Waals surface area contributed by atoms with Crippen LogP contribution in [-0.4, -0.2) is 44.6 Å². The van der Waals surface area contributed by atoms with Gasteiger partial charge in [-0.1, -0.05) is 11.6 Å². The molecule has 1 aliphatic heterocycles. The van der Waals surface area contributed by atoms with Crippen molar-refractivity contribution >= 4 is 55.9 Å². The van der Waals surface area contributed by atoms with Gasteiger partial charge < -0.3 is 15.0 Å². The van der Waals surface area contributed by atoms with Crippen LogP contribution < -0.4 is 19.7 Å². The van der Waals surface area contributed by atoms with Crippen LogP contribution in [0.15, 0.2) is 54.7 Å². The molecule has 1 aliphatic rings. The van der Waals surface area contributed by atoms with Gasteiger partial charge in [0.25, 0.3) is 11.8 Å². The number of alkyl halides is 2. The van der Waals surface area contributed by atoms with Crippen molar-refractivity contribution in [2.45, 2.75) is 19.5 Å². The molecule has 43 heavy (non-hydrogen) atoms. The summed E-state index contributed by atoms with van der Waals surface area (Å²) in [7, 11) is -3.58. The van der Waals surface area contributed by atoms with Crippen molar-refractivity contribution in [3.63, 3.8) is 0 Å². The molecule has 8 nitrogen and oxygen atoms in total. The highest BCUT2D eigenvalue weighted by atomic mass is 35.5. The molecule has 0 atom stereocenters. The molecule has 2 aromatic heterocycles. The maximum atomic E-state index is 14.3. The van der Waals surface area contributed by atoms with Gasteiger partial charge in [0.1, 0.15) is 29.7 Å². The number of carbonyl (C=O) groups is 1. The Hall–Kier alpha value is -3.88. The van der Waals surface area contributed by atoms with E-state index in [0.717, 1.165) is 35.9 Å². The number of amides is 1. The highest BCUT2D eigenvalue weighted by Gasteiger charge is 2.44. The van der Waals surface area contributed by atoms with Crippen LogP contribution in [0.25, 0.3) is 11.3 Å². The molecular formula is C28H23ClF4N4O4S2. The summed E-state index contributed by atoms with van der Waals surface area (Å²) in [6, 6.07) is 10.8. The van der Waals surface area contributed by atoms with Gasteiger partial charge in [-0.05, 0) is 55.0 Å². The maximum Gasteiger partial charge on any atom is 0.282 e. The molecule has 0 radical (unpaired) electrons. The fourth-order valence-corrected chi connectivity index (χ4v) is 6.14. The number of carbonyl (C=O) groups excluding carboxylic acids is 1. The minimum Gasteiger partial charge on any atom is -0.487 e. The van der Waals surface area contributed by atoms with Crippen LogP contribution in [0.4, 0.5) is 34.6 Å². The molecule has 4 aromatic rings. The number of nitrogens with zero attached hydrogens (tertiary/aromatic N) is 2. The number of rotatable bonds is 9. The number of aromatic nitrogens is 1. The van der Waals surface area contributed by atoms with Crippen molar-refractivity contribution < 1.29 is 35.5 Å². The summed E-state index contributed by atoms with van der Waals surface area (Å²) in [6.45, 7) is 0.499. The van der Waals surface area contributed by atoms with Crippen molar-refractivity contribution in [2.24, 2.45) is 0 Å². The molecular weight excluding hydrogens is 632 g/mol. The molecule has 15 heteroatoms. The predicted molar refractivity (Wildman–Crippen MR) is 158 cm³/mol. The zero-order chi connectivity index (χ0) is 31.1. The zero-order valence-electron chi connectivity index (χ0n) is 22.6. The SMILES string of the molecule is Cc1sc(C(=O)Nc2cc(Cl)cc(NS(C)(=O)=O)c2)cc1-c1ncc(F)cc1OCc1cc(F)cc(N2CC(F)(F)C2)c1. The second kappa shape index (κ2) is 11.7. The minimum absolute atomic E-state index is 0.0282. The largest absolute Gasteiger partial charge is 0.487 e. The summed E-state index contributed by atoms with van der Waals surface area (Å²) in [5.74, 6) is -4.63. The molecule has 0 unspecified atom stereocenters. The Kier molecular flexibility index (Phi) is 8.29. The van der Waals surface area contributed by atoms with E-state index in [1.54, 1.807) is 13.0 Å². The quantitative estimate of drug-likeness (QED) is 0.195. The fourth-order valence-electron chi connectivity index (χ4n) is 4.44. The van der Waals surface area contributed by atoms with Crippen molar-refractivity contribution in [3.8, 4) is 17.0 Å². The summed E-state index contributed by atoms with van der Waals surface area (Å²) >= 11 is 7.22. The highest BCUT2D eigenvalue weighted by Crippen LogP contribution is 2.37. The monoisotopic (exact) mass is 654 g/mol. The summed E-state index contributed by atoms with van der Waals surface area (Å²) in [6.07, 6.45) is 1.97. The first-order chi connectivity index (χ1) is 20.1. The van der Waals surface area contributed by atoms with E-state index >= 15 is 0 Å². The van der Waals surface area contributed by atoms with Gasteiger partial charge >= 0.3 is 0 Å². The number of sulfonamides is 1. The second-order valence-corrected chi connectivity index (χ2v) is 13.4. The highest BCUT2D eigenvalue weighted by molar-refractivity contribution is 7.92. The number of ether oxygens (including phenoxy) is 1. The topological polar surface area (TPSA) is 101 Å². The van der Waals surface area contributed by atoms with Crippen LogP contribution in [0.1, 0.15) is 20.1 Å². The number of halogens is 5. The first-order valence-electron chi connectivity index (χ1n) is 12.6. The second-order valence-electron chi connectivity index (χ2n) is 9.96. The Morgan fingerprint density at radius 2 is 1.79 bits per heavy atom. The van der Waals surface area contributed by atoms with Crippen molar-refractivity contribution in [3.05, 3.63) is 86.7 Å². The number of benzene rings is 2. The van der Waals surface area contributed by atoms with Gasteiger partial charge in [-0.3, -0.25) is 9.52 Å².